The zero-order valence-corrected chi connectivity index (χ0v) is 11.4. The maximum Gasteiger partial charge on any atom is 0.150 e. The molecular weight excluding hydrogens is 250 g/mol. The second-order valence-electron chi connectivity index (χ2n) is 3.52. The molecule has 17 heavy (non-hydrogen) atoms. The molecule has 0 amide bonds. The van der Waals surface area contributed by atoms with Gasteiger partial charge in [0.1, 0.15) is 10.2 Å². The summed E-state index contributed by atoms with van der Waals surface area (Å²) >= 11 is 3.43. The van der Waals surface area contributed by atoms with Crippen molar-refractivity contribution in [1.82, 2.24) is 9.97 Å². The first-order valence-corrected chi connectivity index (χ1v) is 7.46. The summed E-state index contributed by atoms with van der Waals surface area (Å²) in [6.45, 7) is 3.12. The van der Waals surface area contributed by atoms with E-state index in [-0.39, 0.29) is 0 Å². The lowest BCUT2D eigenvalue weighted by atomic mass is 10.3. The average molecular weight is 265 g/mol. The molecule has 5 heteroatoms. The van der Waals surface area contributed by atoms with E-state index < -0.39 is 0 Å². The fourth-order valence-electron chi connectivity index (χ4n) is 1.38. The van der Waals surface area contributed by atoms with Gasteiger partial charge in [-0.15, -0.1) is 11.3 Å². The lowest BCUT2D eigenvalue weighted by molar-refractivity contribution is 0.965. The van der Waals surface area contributed by atoms with Crippen LogP contribution in [0, 0.1) is 0 Å². The molecule has 0 aliphatic carbocycles. The van der Waals surface area contributed by atoms with Gasteiger partial charge in [0, 0.05) is 35.6 Å². The van der Waals surface area contributed by atoms with E-state index in [1.807, 2.05) is 23.8 Å². The predicted molar refractivity (Wildman–Crippen MR) is 74.7 cm³/mol. The second kappa shape index (κ2) is 6.61. The average Bonchev–Trinajstić information content (AvgIpc) is 2.88. The number of nitrogens with one attached hydrogen (secondary N) is 1. The topological polar surface area (TPSA) is 37.8 Å². The maximum absolute atomic E-state index is 4.37. The van der Waals surface area contributed by atoms with Crippen LogP contribution in [0.5, 0.6) is 0 Å². The van der Waals surface area contributed by atoms with E-state index in [2.05, 4.69) is 28.3 Å². The first-order chi connectivity index (χ1) is 8.40. The molecule has 0 aliphatic rings. The van der Waals surface area contributed by atoms with Crippen LogP contribution in [0.25, 0.3) is 0 Å². The number of hydrogen-bond acceptors (Lipinski definition) is 5. The van der Waals surface area contributed by atoms with Gasteiger partial charge in [-0.25, -0.2) is 9.97 Å². The van der Waals surface area contributed by atoms with Crippen LogP contribution < -0.4 is 5.32 Å². The van der Waals surface area contributed by atoms with Gasteiger partial charge in [-0.3, -0.25) is 0 Å². The molecule has 2 rings (SSSR count). The Labute approximate surface area is 110 Å². The summed E-state index contributed by atoms with van der Waals surface area (Å²) in [5.41, 5.74) is 1.24. The quantitative estimate of drug-likeness (QED) is 0.809. The second-order valence-corrected chi connectivity index (χ2v) is 5.64. The number of thioether (sulfide) groups is 1. The number of pyridine rings is 1. The first-order valence-electron chi connectivity index (χ1n) is 5.60. The SMILES string of the molecule is CCCNc1ncccc1CSc1nccs1. The molecule has 2 heterocycles. The minimum Gasteiger partial charge on any atom is -0.370 e. The third-order valence-electron chi connectivity index (χ3n) is 2.19. The third kappa shape index (κ3) is 3.71. The monoisotopic (exact) mass is 265 g/mol. The number of aromatic nitrogens is 2. The number of hydrogen-bond donors (Lipinski definition) is 1. The summed E-state index contributed by atoms with van der Waals surface area (Å²) in [6, 6.07) is 4.10. The molecule has 3 nitrogen and oxygen atoms in total. The molecule has 0 atom stereocenters. The predicted octanol–water partition coefficient (Wildman–Crippen LogP) is 3.65. The molecule has 0 saturated carbocycles. The highest BCUT2D eigenvalue weighted by molar-refractivity contribution is 8.00. The molecule has 0 fully saturated rings. The molecule has 0 radical (unpaired) electrons. The van der Waals surface area contributed by atoms with Crippen molar-refractivity contribution in [3.63, 3.8) is 0 Å². The van der Waals surface area contributed by atoms with Crippen molar-refractivity contribution in [1.29, 1.82) is 0 Å². The molecule has 0 bridgehead atoms. The van der Waals surface area contributed by atoms with Crippen LogP contribution in [0.1, 0.15) is 18.9 Å². The normalized spacial score (nSPS) is 10.4. The minimum absolute atomic E-state index is 0.910. The van der Waals surface area contributed by atoms with Crippen LogP contribution >= 0.6 is 23.1 Å². The Morgan fingerprint density at radius 3 is 3.06 bits per heavy atom. The van der Waals surface area contributed by atoms with Crippen LogP contribution in [0.3, 0.4) is 0 Å². The zero-order chi connectivity index (χ0) is 11.9. The molecule has 0 aliphatic heterocycles. The highest BCUT2D eigenvalue weighted by Crippen LogP contribution is 2.26. The van der Waals surface area contributed by atoms with Gasteiger partial charge in [0.25, 0.3) is 0 Å². The number of rotatable bonds is 6. The van der Waals surface area contributed by atoms with E-state index in [4.69, 9.17) is 0 Å². The van der Waals surface area contributed by atoms with Crippen molar-refractivity contribution in [2.75, 3.05) is 11.9 Å². The summed E-state index contributed by atoms with van der Waals surface area (Å²) in [5, 5.41) is 5.35. The van der Waals surface area contributed by atoms with Crippen molar-refractivity contribution >= 4 is 28.9 Å². The van der Waals surface area contributed by atoms with Crippen LogP contribution in [-0.4, -0.2) is 16.5 Å². The lowest BCUT2D eigenvalue weighted by Gasteiger charge is -2.08. The number of anilines is 1. The Bertz CT molecular complexity index is 443. The fraction of sp³-hybridized carbons (Fsp3) is 0.333. The van der Waals surface area contributed by atoms with E-state index in [1.54, 1.807) is 23.1 Å². The Balaban J connectivity index is 1.99. The molecule has 90 valence electrons. The van der Waals surface area contributed by atoms with E-state index >= 15 is 0 Å². The molecule has 0 aromatic carbocycles. The van der Waals surface area contributed by atoms with Crippen molar-refractivity contribution in [3.8, 4) is 0 Å². The van der Waals surface area contributed by atoms with E-state index in [0.717, 1.165) is 28.9 Å². The van der Waals surface area contributed by atoms with Gasteiger partial charge in [-0.2, -0.15) is 0 Å². The summed E-state index contributed by atoms with van der Waals surface area (Å²) in [6.07, 6.45) is 4.78. The summed E-state index contributed by atoms with van der Waals surface area (Å²) < 4.78 is 1.11. The van der Waals surface area contributed by atoms with E-state index in [1.165, 1.54) is 5.56 Å². The maximum atomic E-state index is 4.37. The van der Waals surface area contributed by atoms with Gasteiger partial charge in [0.2, 0.25) is 0 Å². The smallest absolute Gasteiger partial charge is 0.150 e. The Morgan fingerprint density at radius 2 is 2.29 bits per heavy atom. The fourth-order valence-corrected chi connectivity index (χ4v) is 3.00. The molecule has 1 N–H and O–H groups in total. The van der Waals surface area contributed by atoms with Gasteiger partial charge >= 0.3 is 0 Å². The zero-order valence-electron chi connectivity index (χ0n) is 9.72. The van der Waals surface area contributed by atoms with Crippen LogP contribution in [-0.2, 0) is 5.75 Å². The van der Waals surface area contributed by atoms with Crippen molar-refractivity contribution < 1.29 is 0 Å². The Morgan fingerprint density at radius 1 is 1.35 bits per heavy atom. The molecule has 0 saturated heterocycles. The van der Waals surface area contributed by atoms with Crippen LogP contribution in [0.2, 0.25) is 0 Å². The number of thiazole rings is 1. The number of nitrogens with zero attached hydrogens (tertiary/aromatic N) is 2. The molecule has 0 spiro atoms. The highest BCUT2D eigenvalue weighted by atomic mass is 32.2. The Hall–Kier alpha value is -1.07. The van der Waals surface area contributed by atoms with Gasteiger partial charge < -0.3 is 5.32 Å². The summed E-state index contributed by atoms with van der Waals surface area (Å²) in [7, 11) is 0. The van der Waals surface area contributed by atoms with E-state index in [0.29, 0.717) is 0 Å². The van der Waals surface area contributed by atoms with Crippen molar-refractivity contribution in [3.05, 3.63) is 35.5 Å². The van der Waals surface area contributed by atoms with Gasteiger partial charge in [0.05, 0.1) is 0 Å². The summed E-state index contributed by atoms with van der Waals surface area (Å²) in [4.78, 5) is 8.64. The van der Waals surface area contributed by atoms with Gasteiger partial charge in [-0.1, -0.05) is 24.8 Å². The third-order valence-corrected chi connectivity index (χ3v) is 4.21. The lowest BCUT2D eigenvalue weighted by Crippen LogP contribution is -2.04. The summed E-state index contributed by atoms with van der Waals surface area (Å²) in [5.74, 6) is 1.91. The molecule has 2 aromatic heterocycles. The van der Waals surface area contributed by atoms with Crippen LogP contribution in [0.4, 0.5) is 5.82 Å². The van der Waals surface area contributed by atoms with Crippen LogP contribution in [0.15, 0.2) is 34.2 Å². The van der Waals surface area contributed by atoms with Crippen molar-refractivity contribution in [2.45, 2.75) is 23.4 Å². The van der Waals surface area contributed by atoms with Crippen molar-refractivity contribution in [2.24, 2.45) is 0 Å². The largest absolute Gasteiger partial charge is 0.370 e. The Kier molecular flexibility index (Phi) is 4.82. The standard InChI is InChI=1S/C12H15N3S2/c1-2-5-13-11-10(4-3-6-14-11)9-17-12-15-7-8-16-12/h3-4,6-8H,2,5,9H2,1H3,(H,13,14). The first kappa shape index (κ1) is 12.4. The van der Waals surface area contributed by atoms with Gasteiger partial charge in [-0.05, 0) is 12.5 Å². The highest BCUT2D eigenvalue weighted by Gasteiger charge is 2.04. The van der Waals surface area contributed by atoms with E-state index in [9.17, 15) is 0 Å². The molecular formula is C12H15N3S2. The molecule has 2 aromatic rings. The molecule has 0 unspecified atom stereocenters. The minimum atomic E-state index is 0.910. The van der Waals surface area contributed by atoms with Gasteiger partial charge in [0.15, 0.2) is 0 Å².